The summed E-state index contributed by atoms with van der Waals surface area (Å²) in [5.74, 6) is -0.126. The van der Waals surface area contributed by atoms with Gasteiger partial charge in [-0.25, -0.2) is 9.40 Å². The van der Waals surface area contributed by atoms with Crippen LogP contribution in [-0.2, 0) is 0 Å². The van der Waals surface area contributed by atoms with Crippen LogP contribution in [0.25, 0.3) is 11.0 Å². The fourth-order valence-electron chi connectivity index (χ4n) is 3.72. The number of piperidine rings is 1. The quantitative estimate of drug-likeness (QED) is 0.704. The molecule has 0 radical (unpaired) electrons. The number of nitrogens with zero attached hydrogens (tertiary/aromatic N) is 4. The van der Waals surface area contributed by atoms with Gasteiger partial charge in [-0.3, -0.25) is 14.8 Å². The Balaban J connectivity index is 1.47. The number of hydrogen-bond acceptors (Lipinski definition) is 5. The summed E-state index contributed by atoms with van der Waals surface area (Å²) < 4.78 is 18.6. The summed E-state index contributed by atoms with van der Waals surface area (Å²) in [6, 6.07) is 8.08. The number of amides is 1. The molecule has 27 heavy (non-hydrogen) atoms. The third kappa shape index (κ3) is 3.42. The number of hydrogen-bond donors (Lipinski definition) is 0. The van der Waals surface area contributed by atoms with Gasteiger partial charge in [0.15, 0.2) is 5.58 Å². The van der Waals surface area contributed by atoms with Gasteiger partial charge in [0, 0.05) is 49.4 Å². The molecule has 1 amide bonds. The number of hydrazine groups is 1. The number of aromatic nitrogens is 2. The Kier molecular flexibility index (Phi) is 4.85. The lowest BCUT2D eigenvalue weighted by atomic mass is 9.92. The third-order valence-corrected chi connectivity index (χ3v) is 5.10. The lowest BCUT2D eigenvalue weighted by molar-refractivity contribution is -0.0216. The first-order valence-corrected chi connectivity index (χ1v) is 9.19. The van der Waals surface area contributed by atoms with E-state index in [1.165, 1.54) is 12.1 Å². The Labute approximate surface area is 156 Å². The van der Waals surface area contributed by atoms with E-state index in [1.807, 2.05) is 6.92 Å². The van der Waals surface area contributed by atoms with Crippen molar-refractivity contribution in [1.29, 1.82) is 0 Å². The third-order valence-electron chi connectivity index (χ3n) is 5.10. The number of fused-ring (bicyclic) bond motifs is 1. The summed E-state index contributed by atoms with van der Waals surface area (Å²) in [7, 11) is 0. The van der Waals surface area contributed by atoms with Crippen LogP contribution in [0.3, 0.4) is 0 Å². The molecule has 0 aliphatic carbocycles. The van der Waals surface area contributed by atoms with Crippen LogP contribution in [0.15, 0.2) is 47.2 Å². The summed E-state index contributed by atoms with van der Waals surface area (Å²) in [6.45, 7) is 4.07. The zero-order valence-electron chi connectivity index (χ0n) is 15.1. The topological polar surface area (TPSA) is 62.5 Å². The lowest BCUT2D eigenvalue weighted by Crippen LogP contribution is -2.49. The first kappa shape index (κ1) is 17.6. The Bertz CT molecular complexity index is 936. The maximum absolute atomic E-state index is 13.3. The van der Waals surface area contributed by atoms with Crippen LogP contribution in [0.4, 0.5) is 4.39 Å². The number of benzene rings is 1. The molecule has 1 aliphatic rings. The largest absolute Gasteiger partial charge is 0.356 e. The molecule has 3 heterocycles. The molecule has 0 saturated carbocycles. The highest BCUT2D eigenvalue weighted by molar-refractivity contribution is 5.93. The second-order valence-corrected chi connectivity index (χ2v) is 6.70. The van der Waals surface area contributed by atoms with E-state index in [2.05, 4.69) is 15.1 Å². The summed E-state index contributed by atoms with van der Waals surface area (Å²) in [6.07, 6.45) is 4.97. The maximum Gasteiger partial charge on any atom is 0.269 e. The fraction of sp³-hybridized carbons (Fsp3) is 0.350. The first-order valence-electron chi connectivity index (χ1n) is 9.19. The molecule has 1 saturated heterocycles. The molecule has 2 aromatic heterocycles. The molecule has 1 fully saturated rings. The highest BCUT2D eigenvalue weighted by Crippen LogP contribution is 2.33. The monoisotopic (exact) mass is 368 g/mol. The van der Waals surface area contributed by atoms with Crippen molar-refractivity contribution >= 4 is 16.9 Å². The second kappa shape index (κ2) is 7.44. The minimum absolute atomic E-state index is 0.0357. The van der Waals surface area contributed by atoms with Crippen LogP contribution < -0.4 is 0 Å². The van der Waals surface area contributed by atoms with Gasteiger partial charge >= 0.3 is 0 Å². The molecular formula is C20H21FN4O2. The van der Waals surface area contributed by atoms with E-state index in [9.17, 15) is 9.18 Å². The lowest BCUT2D eigenvalue weighted by Gasteiger charge is -2.38. The molecule has 1 aliphatic heterocycles. The highest BCUT2D eigenvalue weighted by Gasteiger charge is 2.29. The molecule has 0 spiro atoms. The average Bonchev–Trinajstić information content (AvgIpc) is 3.12. The Morgan fingerprint density at radius 2 is 2.15 bits per heavy atom. The number of rotatable bonds is 4. The molecule has 140 valence electrons. The van der Waals surface area contributed by atoms with Crippen LogP contribution in [0, 0.1) is 5.82 Å². The van der Waals surface area contributed by atoms with Crippen LogP contribution in [0.2, 0.25) is 0 Å². The van der Waals surface area contributed by atoms with Crippen LogP contribution in [0.1, 0.15) is 41.7 Å². The molecule has 0 N–H and O–H groups in total. The number of halogens is 1. The first-order chi connectivity index (χ1) is 13.2. The van der Waals surface area contributed by atoms with E-state index in [4.69, 9.17) is 4.52 Å². The van der Waals surface area contributed by atoms with Crippen LogP contribution >= 0.6 is 0 Å². The zero-order valence-corrected chi connectivity index (χ0v) is 15.1. The van der Waals surface area contributed by atoms with Gasteiger partial charge in [-0.15, -0.1) is 0 Å². The molecule has 7 heteroatoms. The van der Waals surface area contributed by atoms with Gasteiger partial charge in [0.2, 0.25) is 0 Å². The van der Waals surface area contributed by atoms with Crippen LogP contribution in [-0.4, -0.2) is 45.7 Å². The number of carbonyl (C=O) groups excluding carboxylic acids is 1. The Hall–Kier alpha value is -2.80. The highest BCUT2D eigenvalue weighted by atomic mass is 19.1. The van der Waals surface area contributed by atoms with E-state index in [-0.39, 0.29) is 17.6 Å². The maximum atomic E-state index is 13.3. The molecule has 4 rings (SSSR count). The van der Waals surface area contributed by atoms with Gasteiger partial charge in [0.05, 0.1) is 11.3 Å². The van der Waals surface area contributed by atoms with Gasteiger partial charge in [0.25, 0.3) is 5.91 Å². The van der Waals surface area contributed by atoms with Crippen molar-refractivity contribution < 1.29 is 13.7 Å². The normalized spacial score (nSPS) is 15.9. The summed E-state index contributed by atoms with van der Waals surface area (Å²) in [4.78, 5) is 16.8. The van der Waals surface area contributed by atoms with E-state index < -0.39 is 0 Å². The minimum Gasteiger partial charge on any atom is -0.356 e. The zero-order chi connectivity index (χ0) is 18.8. The van der Waals surface area contributed by atoms with E-state index in [0.717, 1.165) is 37.0 Å². The minimum atomic E-state index is -0.326. The molecule has 0 atom stereocenters. The fourth-order valence-corrected chi connectivity index (χ4v) is 3.72. The Morgan fingerprint density at radius 1 is 1.33 bits per heavy atom. The molecule has 0 unspecified atom stereocenters. The van der Waals surface area contributed by atoms with Gasteiger partial charge in [0.1, 0.15) is 5.82 Å². The van der Waals surface area contributed by atoms with E-state index in [1.54, 1.807) is 35.6 Å². The summed E-state index contributed by atoms with van der Waals surface area (Å²) >= 11 is 0. The van der Waals surface area contributed by atoms with Crippen molar-refractivity contribution in [3.8, 4) is 0 Å². The SMILES string of the molecule is CCN(C(=O)c1cccnc1)N1CCC(c2noc3cc(F)ccc23)CC1. The standard InChI is InChI=1S/C20H21FN4O2/c1-2-25(20(26)15-4-3-9-22-13-15)24-10-7-14(8-11-24)19-17-6-5-16(21)12-18(17)27-23-19/h3-6,9,12-14H,2,7-8,10-11H2,1H3. The van der Waals surface area contributed by atoms with Gasteiger partial charge in [-0.05, 0) is 44.0 Å². The molecule has 6 nitrogen and oxygen atoms in total. The second-order valence-electron chi connectivity index (χ2n) is 6.70. The predicted octanol–water partition coefficient (Wildman–Crippen LogP) is 3.62. The van der Waals surface area contributed by atoms with Crippen molar-refractivity contribution in [2.75, 3.05) is 19.6 Å². The van der Waals surface area contributed by atoms with Crippen molar-refractivity contribution in [3.63, 3.8) is 0 Å². The molecule has 1 aromatic carbocycles. The summed E-state index contributed by atoms with van der Waals surface area (Å²) in [5.41, 5.74) is 1.95. The predicted molar refractivity (Wildman–Crippen MR) is 98.5 cm³/mol. The van der Waals surface area contributed by atoms with Crippen molar-refractivity contribution in [3.05, 3.63) is 59.8 Å². The summed E-state index contributed by atoms with van der Waals surface area (Å²) in [5, 5.41) is 8.93. The smallest absolute Gasteiger partial charge is 0.269 e. The molecule has 3 aromatic rings. The molecular weight excluding hydrogens is 347 g/mol. The van der Waals surface area contributed by atoms with Crippen molar-refractivity contribution in [1.82, 2.24) is 20.2 Å². The van der Waals surface area contributed by atoms with Gasteiger partial charge < -0.3 is 4.52 Å². The van der Waals surface area contributed by atoms with E-state index >= 15 is 0 Å². The Morgan fingerprint density at radius 3 is 2.85 bits per heavy atom. The van der Waals surface area contributed by atoms with Crippen LogP contribution in [0.5, 0.6) is 0 Å². The van der Waals surface area contributed by atoms with Gasteiger partial charge in [-0.1, -0.05) is 5.16 Å². The number of carbonyl (C=O) groups is 1. The van der Waals surface area contributed by atoms with Crippen molar-refractivity contribution in [2.45, 2.75) is 25.7 Å². The molecule has 0 bridgehead atoms. The van der Waals surface area contributed by atoms with Crippen molar-refractivity contribution in [2.24, 2.45) is 0 Å². The number of pyridine rings is 1. The average molecular weight is 368 g/mol. The van der Waals surface area contributed by atoms with E-state index in [0.29, 0.717) is 17.7 Å². The van der Waals surface area contributed by atoms with Gasteiger partial charge in [-0.2, -0.15) is 0 Å².